The number of nitro benzene ring substituents is 2. The molecule has 0 aromatic heterocycles. The van der Waals surface area contributed by atoms with Gasteiger partial charge in [0.25, 0.3) is 11.4 Å². The van der Waals surface area contributed by atoms with Gasteiger partial charge in [0.2, 0.25) is 0 Å². The van der Waals surface area contributed by atoms with Gasteiger partial charge in [-0.1, -0.05) is 24.3 Å². The molecule has 31 heavy (non-hydrogen) atoms. The van der Waals surface area contributed by atoms with Gasteiger partial charge in [-0.05, 0) is 58.7 Å². The quantitative estimate of drug-likeness (QED) is 0.331. The molecule has 0 spiro atoms. The lowest BCUT2D eigenvalue weighted by molar-refractivity contribution is -0.385. The Bertz CT molecular complexity index is 1260. The second kappa shape index (κ2) is 8.16. The molecule has 0 N–H and O–H groups in total. The second-order valence-electron chi connectivity index (χ2n) is 7.09. The summed E-state index contributed by atoms with van der Waals surface area (Å²) in [5.41, 5.74) is 4.24. The molecule has 0 aliphatic heterocycles. The maximum absolute atomic E-state index is 13.3. The van der Waals surface area contributed by atoms with Crippen molar-refractivity contribution >= 4 is 34.9 Å². The maximum atomic E-state index is 13.3. The Morgan fingerprint density at radius 2 is 1.23 bits per heavy atom. The standard InChI is InChI=1S/C24H16N2O5/c27-24-19(13-16-5-9-20(10-6-16)25(28)29)15-18-3-1-2-4-22(18)23(24)14-17-7-11-21(12-8-17)26(30)31/h1-14H,15H2/b19-13+,23-14+. The van der Waals surface area contributed by atoms with Crippen LogP contribution in [0.5, 0.6) is 0 Å². The third-order valence-corrected chi connectivity index (χ3v) is 5.08. The summed E-state index contributed by atoms with van der Waals surface area (Å²) in [7, 11) is 0. The van der Waals surface area contributed by atoms with Gasteiger partial charge in [0.05, 0.1) is 9.85 Å². The van der Waals surface area contributed by atoms with Crippen molar-refractivity contribution < 1.29 is 14.6 Å². The van der Waals surface area contributed by atoms with Crippen LogP contribution in [0, 0.1) is 20.2 Å². The molecule has 0 bridgehead atoms. The van der Waals surface area contributed by atoms with Crippen molar-refractivity contribution in [2.45, 2.75) is 6.42 Å². The number of Topliss-reactive ketones (excluding diaryl/α,β-unsaturated/α-hetero) is 1. The van der Waals surface area contributed by atoms with Crippen molar-refractivity contribution in [1.82, 2.24) is 0 Å². The van der Waals surface area contributed by atoms with E-state index in [9.17, 15) is 25.0 Å². The zero-order valence-electron chi connectivity index (χ0n) is 16.2. The molecule has 3 aromatic rings. The average molecular weight is 412 g/mol. The monoisotopic (exact) mass is 412 g/mol. The average Bonchev–Trinajstić information content (AvgIpc) is 2.77. The molecule has 0 radical (unpaired) electrons. The second-order valence-corrected chi connectivity index (χ2v) is 7.09. The lowest BCUT2D eigenvalue weighted by Gasteiger charge is -2.21. The maximum Gasteiger partial charge on any atom is 0.269 e. The van der Waals surface area contributed by atoms with Crippen LogP contribution in [0.25, 0.3) is 17.7 Å². The van der Waals surface area contributed by atoms with E-state index in [0.717, 1.165) is 11.1 Å². The summed E-state index contributed by atoms with van der Waals surface area (Å²) in [5.74, 6) is -0.143. The molecule has 0 saturated carbocycles. The third-order valence-electron chi connectivity index (χ3n) is 5.08. The minimum absolute atomic E-state index is 0.0128. The molecule has 0 amide bonds. The summed E-state index contributed by atoms with van der Waals surface area (Å²) < 4.78 is 0. The molecule has 0 saturated heterocycles. The van der Waals surface area contributed by atoms with Gasteiger partial charge in [-0.25, -0.2) is 0 Å². The molecular formula is C24H16N2O5. The normalized spacial score (nSPS) is 15.7. The van der Waals surface area contributed by atoms with Crippen molar-refractivity contribution in [3.63, 3.8) is 0 Å². The van der Waals surface area contributed by atoms with Gasteiger partial charge in [-0.2, -0.15) is 0 Å². The first-order chi connectivity index (χ1) is 14.9. The van der Waals surface area contributed by atoms with Crippen LogP contribution in [-0.4, -0.2) is 15.6 Å². The Morgan fingerprint density at radius 3 is 1.77 bits per heavy atom. The summed E-state index contributed by atoms with van der Waals surface area (Å²) in [5, 5.41) is 21.7. The van der Waals surface area contributed by atoms with E-state index in [1.807, 2.05) is 24.3 Å². The fourth-order valence-electron chi connectivity index (χ4n) is 3.53. The summed E-state index contributed by atoms with van der Waals surface area (Å²) in [6, 6.07) is 19.6. The van der Waals surface area contributed by atoms with Gasteiger partial charge < -0.3 is 0 Å². The highest BCUT2D eigenvalue weighted by Gasteiger charge is 2.25. The van der Waals surface area contributed by atoms with E-state index in [0.29, 0.717) is 28.7 Å². The Kier molecular flexibility index (Phi) is 5.24. The van der Waals surface area contributed by atoms with Gasteiger partial charge in [0.15, 0.2) is 5.78 Å². The molecule has 0 unspecified atom stereocenters. The van der Waals surface area contributed by atoms with Crippen molar-refractivity contribution in [1.29, 1.82) is 0 Å². The molecule has 7 nitrogen and oxygen atoms in total. The molecule has 0 fully saturated rings. The molecule has 0 atom stereocenters. The molecule has 7 heteroatoms. The van der Waals surface area contributed by atoms with Gasteiger partial charge in [-0.15, -0.1) is 0 Å². The van der Waals surface area contributed by atoms with Crippen molar-refractivity contribution in [3.8, 4) is 0 Å². The fraction of sp³-hybridized carbons (Fsp3) is 0.0417. The van der Waals surface area contributed by atoms with Crippen LogP contribution in [0.2, 0.25) is 0 Å². The van der Waals surface area contributed by atoms with Gasteiger partial charge in [0.1, 0.15) is 0 Å². The largest absolute Gasteiger partial charge is 0.289 e. The first-order valence-corrected chi connectivity index (χ1v) is 9.46. The molecule has 152 valence electrons. The summed E-state index contributed by atoms with van der Waals surface area (Å²) in [6.45, 7) is 0. The number of nitro groups is 2. The number of benzene rings is 3. The topological polar surface area (TPSA) is 103 Å². The first kappa shape index (κ1) is 19.9. The van der Waals surface area contributed by atoms with E-state index >= 15 is 0 Å². The zero-order chi connectivity index (χ0) is 22.0. The Morgan fingerprint density at radius 1 is 0.710 bits per heavy atom. The molecule has 4 rings (SSSR count). The number of allylic oxidation sites excluding steroid dienone is 2. The van der Waals surface area contributed by atoms with Crippen molar-refractivity contribution in [2.24, 2.45) is 0 Å². The van der Waals surface area contributed by atoms with E-state index < -0.39 is 9.85 Å². The van der Waals surface area contributed by atoms with Crippen LogP contribution in [0.15, 0.2) is 78.4 Å². The fourth-order valence-corrected chi connectivity index (χ4v) is 3.53. The number of nitrogens with zero attached hydrogens (tertiary/aromatic N) is 2. The Hall–Kier alpha value is -4.39. The van der Waals surface area contributed by atoms with E-state index in [2.05, 4.69) is 0 Å². The van der Waals surface area contributed by atoms with Gasteiger partial charge >= 0.3 is 0 Å². The van der Waals surface area contributed by atoms with E-state index in [1.54, 1.807) is 36.4 Å². The highest BCUT2D eigenvalue weighted by Crippen LogP contribution is 2.34. The van der Waals surface area contributed by atoms with E-state index in [-0.39, 0.29) is 17.2 Å². The number of carbonyl (C=O) groups excluding carboxylic acids is 1. The van der Waals surface area contributed by atoms with E-state index in [1.165, 1.54) is 24.3 Å². The number of ketones is 1. The Balaban J connectivity index is 1.75. The number of hydrogen-bond acceptors (Lipinski definition) is 5. The third kappa shape index (κ3) is 4.16. The van der Waals surface area contributed by atoms with Crippen molar-refractivity contribution in [3.05, 3.63) is 121 Å². The first-order valence-electron chi connectivity index (χ1n) is 9.46. The molecule has 1 aliphatic carbocycles. The minimum Gasteiger partial charge on any atom is -0.289 e. The number of hydrogen-bond donors (Lipinski definition) is 0. The predicted octanol–water partition coefficient (Wildman–Crippen LogP) is 5.25. The molecule has 0 heterocycles. The highest BCUT2D eigenvalue weighted by atomic mass is 16.6. The number of non-ortho nitro benzene ring substituents is 2. The highest BCUT2D eigenvalue weighted by molar-refractivity contribution is 6.35. The molecular weight excluding hydrogens is 396 g/mol. The SMILES string of the molecule is O=C1/C(=C/c2ccc([N+](=O)[O-])cc2)Cc2ccccc2/C1=C\c1ccc([N+](=O)[O-])cc1. The number of fused-ring (bicyclic) bond motifs is 1. The van der Waals surface area contributed by atoms with E-state index in [4.69, 9.17) is 0 Å². The van der Waals surface area contributed by atoms with Crippen LogP contribution in [-0.2, 0) is 11.2 Å². The minimum atomic E-state index is -0.469. The molecule has 1 aliphatic rings. The lowest BCUT2D eigenvalue weighted by atomic mass is 9.81. The Labute approximate surface area is 177 Å². The van der Waals surface area contributed by atoms with Crippen molar-refractivity contribution in [2.75, 3.05) is 0 Å². The predicted molar refractivity (Wildman–Crippen MR) is 117 cm³/mol. The molecule has 3 aromatic carbocycles. The van der Waals surface area contributed by atoms with Crippen LogP contribution >= 0.6 is 0 Å². The van der Waals surface area contributed by atoms with Crippen LogP contribution in [0.1, 0.15) is 22.3 Å². The van der Waals surface area contributed by atoms with Crippen LogP contribution in [0.4, 0.5) is 11.4 Å². The lowest BCUT2D eigenvalue weighted by Crippen LogP contribution is -2.15. The number of carbonyl (C=O) groups is 1. The summed E-state index contributed by atoms with van der Waals surface area (Å²) in [6.07, 6.45) is 3.92. The van der Waals surface area contributed by atoms with Crippen LogP contribution < -0.4 is 0 Å². The van der Waals surface area contributed by atoms with Gasteiger partial charge in [0, 0.05) is 41.8 Å². The van der Waals surface area contributed by atoms with Crippen LogP contribution in [0.3, 0.4) is 0 Å². The zero-order valence-corrected chi connectivity index (χ0v) is 16.2. The number of rotatable bonds is 4. The van der Waals surface area contributed by atoms with Gasteiger partial charge in [-0.3, -0.25) is 25.0 Å². The summed E-state index contributed by atoms with van der Waals surface area (Å²) >= 11 is 0. The summed E-state index contributed by atoms with van der Waals surface area (Å²) in [4.78, 5) is 34.1. The smallest absolute Gasteiger partial charge is 0.269 e.